The molecule has 0 aliphatic heterocycles. The molecular weight excluding hydrogens is 242 g/mol. The first kappa shape index (κ1) is 13.1. The molecule has 2 N–H and O–H groups in total. The van der Waals surface area contributed by atoms with Crippen LogP contribution in [0.3, 0.4) is 0 Å². The highest BCUT2D eigenvalue weighted by Gasteiger charge is 2.25. The van der Waals surface area contributed by atoms with Crippen LogP contribution >= 0.6 is 0 Å². The summed E-state index contributed by atoms with van der Waals surface area (Å²) in [6.45, 7) is 0. The summed E-state index contributed by atoms with van der Waals surface area (Å²) in [5.41, 5.74) is 3.47. The van der Waals surface area contributed by atoms with Crippen LogP contribution in [0, 0.1) is 32.2 Å². The van der Waals surface area contributed by atoms with Crippen LogP contribution in [0.15, 0.2) is 18.2 Å². The van der Waals surface area contributed by atoms with Gasteiger partial charge < -0.3 is 5.73 Å². The fourth-order valence-electron chi connectivity index (χ4n) is 1.23. The minimum Gasteiger partial charge on any atom is -0.359 e. The van der Waals surface area contributed by atoms with Crippen molar-refractivity contribution in [2.45, 2.75) is 6.42 Å². The maximum Gasteiger partial charge on any atom is 0.346 e. The Morgan fingerprint density at radius 2 is 1.83 bits per heavy atom. The van der Waals surface area contributed by atoms with Gasteiger partial charge in [0.1, 0.15) is 0 Å². The Labute approximate surface area is 101 Å². The standard InChI is InChI=1S/C10H7N3O5/c11-5-1-2-10(14)7-3-4-8(12(15)16)9(6-7)13(17)18/h3-4,6H,2,11H2. The van der Waals surface area contributed by atoms with E-state index in [1.165, 1.54) is 0 Å². The molecule has 0 spiro atoms. The van der Waals surface area contributed by atoms with E-state index in [4.69, 9.17) is 5.73 Å². The molecule has 0 atom stereocenters. The average molecular weight is 249 g/mol. The smallest absolute Gasteiger partial charge is 0.346 e. The average Bonchev–Trinajstić information content (AvgIpc) is 2.34. The number of Topliss-reactive ketones (excluding diaryl/α,β-unsaturated/α-hetero) is 1. The molecule has 0 heterocycles. The van der Waals surface area contributed by atoms with Crippen molar-refractivity contribution in [2.24, 2.45) is 5.73 Å². The van der Waals surface area contributed by atoms with Crippen LogP contribution in [0.1, 0.15) is 16.8 Å². The molecule has 92 valence electrons. The zero-order valence-electron chi connectivity index (χ0n) is 8.95. The predicted molar refractivity (Wildman–Crippen MR) is 60.7 cm³/mol. The van der Waals surface area contributed by atoms with Gasteiger partial charge >= 0.3 is 11.4 Å². The number of rotatable bonds is 4. The van der Waals surface area contributed by atoms with E-state index < -0.39 is 27.0 Å². The lowest BCUT2D eigenvalue weighted by Crippen LogP contribution is -2.02. The summed E-state index contributed by atoms with van der Waals surface area (Å²) in [6.07, 6.45) is -0.203. The van der Waals surface area contributed by atoms with Crippen LogP contribution in [0.4, 0.5) is 11.4 Å². The van der Waals surface area contributed by atoms with E-state index in [2.05, 4.69) is 5.92 Å². The second-order valence-corrected chi connectivity index (χ2v) is 3.14. The van der Waals surface area contributed by atoms with Gasteiger partial charge in [-0.05, 0) is 6.07 Å². The van der Waals surface area contributed by atoms with Gasteiger partial charge in [0.25, 0.3) is 0 Å². The fraction of sp³-hybridized carbons (Fsp3) is 0.100. The monoisotopic (exact) mass is 249 g/mol. The van der Waals surface area contributed by atoms with Crippen LogP contribution in [0.25, 0.3) is 0 Å². The highest BCUT2D eigenvalue weighted by Crippen LogP contribution is 2.27. The van der Waals surface area contributed by atoms with Gasteiger partial charge in [-0.2, -0.15) is 0 Å². The van der Waals surface area contributed by atoms with Crippen LogP contribution < -0.4 is 5.73 Å². The van der Waals surface area contributed by atoms with Crippen molar-refractivity contribution in [2.75, 3.05) is 0 Å². The number of hydrogen-bond donors (Lipinski definition) is 1. The third-order valence-electron chi connectivity index (χ3n) is 2.04. The van der Waals surface area contributed by atoms with Crippen LogP contribution in [-0.2, 0) is 0 Å². The number of hydrogen-bond acceptors (Lipinski definition) is 6. The van der Waals surface area contributed by atoms with E-state index in [0.29, 0.717) is 0 Å². The maximum absolute atomic E-state index is 11.5. The first-order valence-corrected chi connectivity index (χ1v) is 4.62. The summed E-state index contributed by atoms with van der Waals surface area (Å²) in [5.74, 6) is 1.81. The molecule has 1 aromatic carbocycles. The van der Waals surface area contributed by atoms with E-state index in [0.717, 1.165) is 18.2 Å². The normalized spacial score (nSPS) is 9.11. The largest absolute Gasteiger partial charge is 0.359 e. The van der Waals surface area contributed by atoms with Gasteiger partial charge in [-0.3, -0.25) is 25.0 Å². The van der Waals surface area contributed by atoms with Crippen molar-refractivity contribution in [1.82, 2.24) is 0 Å². The first-order valence-electron chi connectivity index (χ1n) is 4.62. The van der Waals surface area contributed by atoms with Gasteiger partial charge in [-0.25, -0.2) is 0 Å². The Balaban J connectivity index is 3.21. The molecule has 0 aliphatic rings. The lowest BCUT2D eigenvalue weighted by Gasteiger charge is -1.98. The summed E-state index contributed by atoms with van der Waals surface area (Å²) in [4.78, 5) is 30.9. The molecule has 18 heavy (non-hydrogen) atoms. The Kier molecular flexibility index (Phi) is 3.93. The molecule has 8 heteroatoms. The zero-order valence-corrected chi connectivity index (χ0v) is 8.95. The van der Waals surface area contributed by atoms with Gasteiger partial charge in [0.2, 0.25) is 0 Å². The van der Waals surface area contributed by atoms with Crippen molar-refractivity contribution in [1.29, 1.82) is 0 Å². The first-order chi connectivity index (χ1) is 8.47. The Hall–Kier alpha value is -2.95. The maximum atomic E-state index is 11.5. The molecule has 0 aliphatic carbocycles. The van der Waals surface area contributed by atoms with Crippen LogP contribution in [-0.4, -0.2) is 15.6 Å². The molecule has 0 fully saturated rings. The van der Waals surface area contributed by atoms with Crippen molar-refractivity contribution < 1.29 is 14.6 Å². The second-order valence-electron chi connectivity index (χ2n) is 3.14. The van der Waals surface area contributed by atoms with Crippen molar-refractivity contribution in [3.05, 3.63) is 44.0 Å². The highest BCUT2D eigenvalue weighted by atomic mass is 16.6. The SMILES string of the molecule is NC#CCC(=O)c1ccc([N+](=O)[O-])c([N+](=O)[O-])c1. The van der Waals surface area contributed by atoms with Crippen molar-refractivity contribution in [3.63, 3.8) is 0 Å². The quantitative estimate of drug-likeness (QED) is 0.278. The molecule has 0 bridgehead atoms. The Bertz CT molecular complexity index is 585. The minimum atomic E-state index is -0.913. The number of nitrogens with two attached hydrogens (primary N) is 1. The lowest BCUT2D eigenvalue weighted by molar-refractivity contribution is -0.422. The summed E-state index contributed by atoms with van der Waals surface area (Å²) in [7, 11) is 0. The summed E-state index contributed by atoms with van der Waals surface area (Å²) < 4.78 is 0. The molecular formula is C10H7N3O5. The number of nitro benzene ring substituents is 2. The number of carbonyl (C=O) groups excluding carboxylic acids is 1. The molecule has 0 amide bonds. The van der Waals surface area contributed by atoms with E-state index in [1.54, 1.807) is 0 Å². The zero-order chi connectivity index (χ0) is 13.7. The topological polar surface area (TPSA) is 129 Å². The predicted octanol–water partition coefficient (Wildman–Crippen LogP) is 0.995. The summed E-state index contributed by atoms with van der Waals surface area (Å²) in [6, 6.07) is 4.94. The van der Waals surface area contributed by atoms with E-state index in [-0.39, 0.29) is 12.0 Å². The molecule has 0 saturated heterocycles. The minimum absolute atomic E-state index is 0.0185. The number of benzene rings is 1. The fourth-order valence-corrected chi connectivity index (χ4v) is 1.23. The summed E-state index contributed by atoms with van der Waals surface area (Å²) in [5, 5.41) is 21.2. The molecule has 0 saturated carbocycles. The van der Waals surface area contributed by atoms with E-state index in [1.807, 2.05) is 6.04 Å². The second kappa shape index (κ2) is 5.40. The number of nitrogens with zero attached hydrogens (tertiary/aromatic N) is 2. The van der Waals surface area contributed by atoms with Crippen molar-refractivity contribution in [3.8, 4) is 12.0 Å². The molecule has 0 unspecified atom stereocenters. The van der Waals surface area contributed by atoms with E-state index >= 15 is 0 Å². The molecule has 0 radical (unpaired) electrons. The molecule has 1 rings (SSSR count). The Morgan fingerprint density at radius 3 is 2.33 bits per heavy atom. The third kappa shape index (κ3) is 2.79. The van der Waals surface area contributed by atoms with Gasteiger partial charge in [0.15, 0.2) is 5.78 Å². The number of carbonyl (C=O) groups is 1. The Morgan fingerprint density at radius 1 is 1.22 bits per heavy atom. The van der Waals surface area contributed by atoms with Gasteiger partial charge in [0.05, 0.1) is 16.3 Å². The number of nitro groups is 2. The van der Waals surface area contributed by atoms with Crippen LogP contribution in [0.5, 0.6) is 0 Å². The molecule has 1 aromatic rings. The van der Waals surface area contributed by atoms with Gasteiger partial charge in [0, 0.05) is 23.7 Å². The number of ketones is 1. The third-order valence-corrected chi connectivity index (χ3v) is 2.04. The van der Waals surface area contributed by atoms with Gasteiger partial charge in [-0.15, -0.1) is 0 Å². The van der Waals surface area contributed by atoms with Crippen LogP contribution in [0.2, 0.25) is 0 Å². The lowest BCUT2D eigenvalue weighted by atomic mass is 10.1. The highest BCUT2D eigenvalue weighted by molar-refractivity contribution is 5.98. The molecule has 8 nitrogen and oxygen atoms in total. The summed E-state index contributed by atoms with van der Waals surface area (Å²) >= 11 is 0. The van der Waals surface area contributed by atoms with Gasteiger partial charge in [-0.1, -0.05) is 5.92 Å². The van der Waals surface area contributed by atoms with E-state index in [9.17, 15) is 25.0 Å². The molecule has 0 aromatic heterocycles. The van der Waals surface area contributed by atoms with Crippen molar-refractivity contribution >= 4 is 17.2 Å².